The van der Waals surface area contributed by atoms with Gasteiger partial charge in [-0.05, 0) is 48.9 Å². The fraction of sp³-hybridized carbons (Fsp3) is 0.150. The maximum atomic E-state index is 12.0. The molecule has 2 N–H and O–H groups in total. The average Bonchev–Trinajstić information content (AvgIpc) is 2.61. The number of amides is 2. The molecule has 1 heterocycles. The normalized spacial score (nSPS) is 10.4. The summed E-state index contributed by atoms with van der Waals surface area (Å²) in [4.78, 5) is 34.5. The number of rotatable bonds is 5. The Morgan fingerprint density at radius 3 is 2.33 bits per heavy atom. The molecule has 27 heavy (non-hydrogen) atoms. The van der Waals surface area contributed by atoms with E-state index in [1.54, 1.807) is 42.5 Å². The van der Waals surface area contributed by atoms with Crippen molar-refractivity contribution < 1.29 is 18.7 Å². The smallest absolute Gasteiger partial charge is 0.336 e. The first-order valence-corrected chi connectivity index (χ1v) is 8.25. The van der Waals surface area contributed by atoms with Crippen LogP contribution in [0.5, 0.6) is 5.75 Å². The maximum absolute atomic E-state index is 12.0. The summed E-state index contributed by atoms with van der Waals surface area (Å²) in [5.41, 5.74) is 2.01. The van der Waals surface area contributed by atoms with E-state index < -0.39 is 5.63 Å². The summed E-state index contributed by atoms with van der Waals surface area (Å²) in [6.45, 7) is 3.05. The monoisotopic (exact) mass is 366 g/mol. The van der Waals surface area contributed by atoms with Gasteiger partial charge in [0, 0.05) is 35.8 Å². The van der Waals surface area contributed by atoms with Gasteiger partial charge in [0.2, 0.25) is 5.91 Å². The number of anilines is 2. The van der Waals surface area contributed by atoms with Crippen molar-refractivity contribution in [3.63, 3.8) is 0 Å². The first-order chi connectivity index (χ1) is 12.9. The van der Waals surface area contributed by atoms with Crippen LogP contribution in [0.4, 0.5) is 11.4 Å². The zero-order valence-electron chi connectivity index (χ0n) is 14.9. The van der Waals surface area contributed by atoms with Gasteiger partial charge in [-0.15, -0.1) is 0 Å². The number of ether oxygens (including phenoxy) is 1. The van der Waals surface area contributed by atoms with Crippen LogP contribution in [0.3, 0.4) is 0 Å². The average molecular weight is 366 g/mol. The van der Waals surface area contributed by atoms with Crippen molar-refractivity contribution in [2.45, 2.75) is 13.8 Å². The number of hydrogen-bond donors (Lipinski definition) is 2. The summed E-state index contributed by atoms with van der Waals surface area (Å²) < 4.78 is 10.6. The number of carbonyl (C=O) groups excluding carboxylic acids is 2. The molecule has 0 atom stereocenters. The fourth-order valence-electron chi connectivity index (χ4n) is 2.58. The van der Waals surface area contributed by atoms with Gasteiger partial charge in [-0.25, -0.2) is 4.79 Å². The molecule has 7 heteroatoms. The standard InChI is InChI=1S/C20H18N2O5/c1-12-9-20(25)27-18-10-16(7-8-17(12)18)26-11-19(24)22-15-5-3-14(4-6-15)21-13(2)23/h3-10H,11H2,1-2H3,(H,21,23)(H,22,24). The van der Waals surface area contributed by atoms with Crippen LogP contribution >= 0.6 is 0 Å². The summed E-state index contributed by atoms with van der Waals surface area (Å²) in [7, 11) is 0. The van der Waals surface area contributed by atoms with Crippen LogP contribution < -0.4 is 21.0 Å². The van der Waals surface area contributed by atoms with Crippen LogP contribution in [0, 0.1) is 6.92 Å². The minimum atomic E-state index is -0.433. The third kappa shape index (κ3) is 4.72. The second kappa shape index (κ2) is 7.74. The van der Waals surface area contributed by atoms with Gasteiger partial charge >= 0.3 is 5.63 Å². The number of aryl methyl sites for hydroxylation is 1. The predicted molar refractivity (Wildman–Crippen MR) is 102 cm³/mol. The quantitative estimate of drug-likeness (QED) is 0.676. The van der Waals surface area contributed by atoms with Gasteiger partial charge in [0.05, 0.1) is 0 Å². The molecule has 0 bridgehead atoms. The zero-order valence-corrected chi connectivity index (χ0v) is 14.9. The maximum Gasteiger partial charge on any atom is 0.336 e. The molecule has 3 rings (SSSR count). The van der Waals surface area contributed by atoms with Crippen LogP contribution in [0.2, 0.25) is 0 Å². The first kappa shape index (κ1) is 18.2. The Morgan fingerprint density at radius 2 is 1.67 bits per heavy atom. The molecule has 138 valence electrons. The molecular formula is C20H18N2O5. The third-order valence-electron chi connectivity index (χ3n) is 3.78. The van der Waals surface area contributed by atoms with E-state index in [1.807, 2.05) is 6.92 Å². The van der Waals surface area contributed by atoms with E-state index in [9.17, 15) is 14.4 Å². The molecule has 0 unspecified atom stereocenters. The van der Waals surface area contributed by atoms with E-state index in [-0.39, 0.29) is 18.4 Å². The van der Waals surface area contributed by atoms with E-state index in [4.69, 9.17) is 9.15 Å². The van der Waals surface area contributed by atoms with E-state index in [1.165, 1.54) is 13.0 Å². The lowest BCUT2D eigenvalue weighted by atomic mass is 10.1. The molecule has 0 aliphatic rings. The van der Waals surface area contributed by atoms with E-state index >= 15 is 0 Å². The Morgan fingerprint density at radius 1 is 1.00 bits per heavy atom. The van der Waals surface area contributed by atoms with Crippen molar-refractivity contribution in [1.82, 2.24) is 0 Å². The number of nitrogens with one attached hydrogen (secondary N) is 2. The molecule has 1 aromatic heterocycles. The summed E-state index contributed by atoms with van der Waals surface area (Å²) in [5.74, 6) is -0.0814. The molecule has 0 saturated carbocycles. The van der Waals surface area contributed by atoms with Gasteiger partial charge in [0.25, 0.3) is 5.91 Å². The Labute approximate surface area is 154 Å². The van der Waals surface area contributed by atoms with Crippen molar-refractivity contribution >= 4 is 34.2 Å². The van der Waals surface area contributed by atoms with Crippen molar-refractivity contribution in [3.05, 3.63) is 64.5 Å². The number of carbonyl (C=O) groups is 2. The Kier molecular flexibility index (Phi) is 5.21. The first-order valence-electron chi connectivity index (χ1n) is 8.25. The molecule has 0 saturated heterocycles. The van der Waals surface area contributed by atoms with E-state index in [2.05, 4.69) is 10.6 Å². The van der Waals surface area contributed by atoms with Crippen LogP contribution in [0.15, 0.2) is 57.7 Å². The third-order valence-corrected chi connectivity index (χ3v) is 3.78. The molecule has 0 fully saturated rings. The van der Waals surface area contributed by atoms with Gasteiger partial charge in [-0.3, -0.25) is 9.59 Å². The number of hydrogen-bond acceptors (Lipinski definition) is 5. The van der Waals surface area contributed by atoms with Crippen molar-refractivity contribution in [2.24, 2.45) is 0 Å². The topological polar surface area (TPSA) is 97.6 Å². The molecule has 0 aliphatic carbocycles. The lowest BCUT2D eigenvalue weighted by Crippen LogP contribution is -2.20. The molecular weight excluding hydrogens is 348 g/mol. The van der Waals surface area contributed by atoms with E-state index in [0.717, 1.165) is 10.9 Å². The van der Waals surface area contributed by atoms with Crippen molar-refractivity contribution in [2.75, 3.05) is 17.2 Å². The van der Waals surface area contributed by atoms with Crippen LogP contribution in [0.1, 0.15) is 12.5 Å². The van der Waals surface area contributed by atoms with Crippen molar-refractivity contribution in [3.8, 4) is 5.75 Å². The van der Waals surface area contributed by atoms with Gasteiger partial charge in [0.1, 0.15) is 11.3 Å². The highest BCUT2D eigenvalue weighted by Crippen LogP contribution is 2.22. The fourth-order valence-corrected chi connectivity index (χ4v) is 2.58. The Bertz CT molecular complexity index is 1050. The lowest BCUT2D eigenvalue weighted by Gasteiger charge is -2.09. The molecule has 0 spiro atoms. The summed E-state index contributed by atoms with van der Waals surface area (Å²) >= 11 is 0. The molecule has 0 aliphatic heterocycles. The second-order valence-electron chi connectivity index (χ2n) is 6.00. The van der Waals surface area contributed by atoms with Crippen LogP contribution in [-0.4, -0.2) is 18.4 Å². The molecule has 7 nitrogen and oxygen atoms in total. The van der Waals surface area contributed by atoms with Gasteiger partial charge in [0.15, 0.2) is 6.61 Å². The summed E-state index contributed by atoms with van der Waals surface area (Å²) in [6.07, 6.45) is 0. The summed E-state index contributed by atoms with van der Waals surface area (Å²) in [5, 5.41) is 6.16. The number of fused-ring (bicyclic) bond motifs is 1. The van der Waals surface area contributed by atoms with E-state index in [0.29, 0.717) is 22.7 Å². The Balaban J connectivity index is 1.61. The molecule has 0 radical (unpaired) electrons. The highest BCUT2D eigenvalue weighted by Gasteiger charge is 2.07. The highest BCUT2D eigenvalue weighted by atomic mass is 16.5. The minimum Gasteiger partial charge on any atom is -0.484 e. The Hall–Kier alpha value is -3.61. The van der Waals surface area contributed by atoms with Crippen LogP contribution in [0.25, 0.3) is 11.0 Å². The van der Waals surface area contributed by atoms with Crippen molar-refractivity contribution in [1.29, 1.82) is 0 Å². The lowest BCUT2D eigenvalue weighted by molar-refractivity contribution is -0.118. The second-order valence-corrected chi connectivity index (χ2v) is 6.00. The zero-order chi connectivity index (χ0) is 19.4. The minimum absolute atomic E-state index is 0.165. The van der Waals surface area contributed by atoms with Gasteiger partial charge < -0.3 is 19.8 Å². The predicted octanol–water partition coefficient (Wildman–Crippen LogP) is 3.08. The van der Waals surface area contributed by atoms with Gasteiger partial charge in [-0.1, -0.05) is 0 Å². The SMILES string of the molecule is CC(=O)Nc1ccc(NC(=O)COc2ccc3c(C)cc(=O)oc3c2)cc1. The molecule has 2 amide bonds. The van der Waals surface area contributed by atoms with Crippen LogP contribution in [-0.2, 0) is 9.59 Å². The van der Waals surface area contributed by atoms with Gasteiger partial charge in [-0.2, -0.15) is 0 Å². The number of benzene rings is 2. The summed E-state index contributed by atoms with van der Waals surface area (Å²) in [6, 6.07) is 13.2. The highest BCUT2D eigenvalue weighted by molar-refractivity contribution is 5.93. The molecule has 2 aromatic carbocycles. The largest absolute Gasteiger partial charge is 0.484 e. The molecule has 3 aromatic rings.